The second-order valence-electron chi connectivity index (χ2n) is 5.63. The van der Waals surface area contributed by atoms with Gasteiger partial charge in [0.1, 0.15) is 11.6 Å². The average molecular weight is 329 g/mol. The number of nitrogens with one attached hydrogen (secondary N) is 2. The molecule has 0 saturated heterocycles. The monoisotopic (exact) mass is 329 g/mol. The molecule has 0 radical (unpaired) electrons. The van der Waals surface area contributed by atoms with E-state index in [2.05, 4.69) is 15.3 Å². The van der Waals surface area contributed by atoms with Crippen LogP contribution in [0.1, 0.15) is 54.1 Å². The Labute approximate surface area is 141 Å². The molecule has 6 nitrogen and oxygen atoms in total. The SMILES string of the molecule is CCC(NC(=O)CCC(=O)c1ccc(OC)cc1)c1ncc(C)[nH]1. The number of amides is 1. The van der Waals surface area contributed by atoms with Gasteiger partial charge in [0.15, 0.2) is 5.78 Å². The van der Waals surface area contributed by atoms with Crippen LogP contribution in [0.4, 0.5) is 0 Å². The Balaban J connectivity index is 1.86. The maximum Gasteiger partial charge on any atom is 0.221 e. The Morgan fingerprint density at radius 2 is 1.96 bits per heavy atom. The fraction of sp³-hybridized carbons (Fsp3) is 0.389. The van der Waals surface area contributed by atoms with Gasteiger partial charge in [0.25, 0.3) is 0 Å². The van der Waals surface area contributed by atoms with E-state index in [9.17, 15) is 9.59 Å². The molecule has 1 aromatic heterocycles. The van der Waals surface area contributed by atoms with Crippen LogP contribution < -0.4 is 10.1 Å². The molecule has 24 heavy (non-hydrogen) atoms. The van der Waals surface area contributed by atoms with Gasteiger partial charge in [-0.05, 0) is 37.6 Å². The van der Waals surface area contributed by atoms with Gasteiger partial charge in [0, 0.05) is 30.3 Å². The second kappa shape index (κ2) is 8.29. The lowest BCUT2D eigenvalue weighted by Crippen LogP contribution is -2.29. The average Bonchev–Trinajstić information content (AvgIpc) is 3.03. The van der Waals surface area contributed by atoms with Gasteiger partial charge < -0.3 is 15.0 Å². The van der Waals surface area contributed by atoms with Gasteiger partial charge in [-0.15, -0.1) is 0 Å². The maximum absolute atomic E-state index is 12.1. The van der Waals surface area contributed by atoms with Gasteiger partial charge in [-0.25, -0.2) is 4.98 Å². The van der Waals surface area contributed by atoms with Crippen molar-refractivity contribution in [1.29, 1.82) is 0 Å². The quantitative estimate of drug-likeness (QED) is 0.729. The van der Waals surface area contributed by atoms with E-state index in [0.717, 1.165) is 17.9 Å². The number of carbonyl (C=O) groups excluding carboxylic acids is 2. The van der Waals surface area contributed by atoms with E-state index < -0.39 is 0 Å². The third kappa shape index (κ3) is 4.68. The van der Waals surface area contributed by atoms with Crippen LogP contribution in [0, 0.1) is 6.92 Å². The molecule has 2 N–H and O–H groups in total. The van der Waals surface area contributed by atoms with Crippen LogP contribution in [0.3, 0.4) is 0 Å². The number of hydrogen-bond donors (Lipinski definition) is 2. The summed E-state index contributed by atoms with van der Waals surface area (Å²) in [6.07, 6.45) is 2.79. The van der Waals surface area contributed by atoms with E-state index in [-0.39, 0.29) is 30.6 Å². The lowest BCUT2D eigenvalue weighted by atomic mass is 10.1. The molecular weight excluding hydrogens is 306 g/mol. The number of aryl methyl sites for hydroxylation is 1. The summed E-state index contributed by atoms with van der Waals surface area (Å²) in [6, 6.07) is 6.72. The zero-order chi connectivity index (χ0) is 17.5. The highest BCUT2D eigenvalue weighted by Crippen LogP contribution is 2.15. The standard InChI is InChI=1S/C18H23N3O3/c1-4-15(18-19-11-12(2)20-18)21-17(23)10-9-16(22)13-5-7-14(24-3)8-6-13/h5-8,11,15H,4,9-10H2,1-3H3,(H,19,20)(H,21,23). The molecule has 1 atom stereocenters. The normalized spacial score (nSPS) is 11.8. The molecule has 1 heterocycles. The zero-order valence-corrected chi connectivity index (χ0v) is 14.3. The summed E-state index contributed by atoms with van der Waals surface area (Å²) >= 11 is 0. The van der Waals surface area contributed by atoms with Crippen molar-refractivity contribution in [3.05, 3.63) is 47.5 Å². The first-order valence-corrected chi connectivity index (χ1v) is 8.01. The largest absolute Gasteiger partial charge is 0.497 e. The van der Waals surface area contributed by atoms with Crippen molar-refractivity contribution in [2.75, 3.05) is 7.11 Å². The van der Waals surface area contributed by atoms with Crippen molar-refractivity contribution in [3.8, 4) is 5.75 Å². The van der Waals surface area contributed by atoms with Gasteiger partial charge in [-0.3, -0.25) is 9.59 Å². The van der Waals surface area contributed by atoms with E-state index in [0.29, 0.717) is 11.3 Å². The third-order valence-electron chi connectivity index (χ3n) is 3.79. The highest BCUT2D eigenvalue weighted by molar-refractivity contribution is 5.98. The van der Waals surface area contributed by atoms with Gasteiger partial charge in [0.2, 0.25) is 5.91 Å². The number of H-pyrrole nitrogens is 1. The number of hydrogen-bond acceptors (Lipinski definition) is 4. The zero-order valence-electron chi connectivity index (χ0n) is 14.3. The molecule has 1 aromatic carbocycles. The molecule has 1 amide bonds. The number of benzene rings is 1. The molecule has 0 aliphatic rings. The van der Waals surface area contributed by atoms with Crippen LogP contribution in [-0.2, 0) is 4.79 Å². The summed E-state index contributed by atoms with van der Waals surface area (Å²) < 4.78 is 5.06. The number of carbonyl (C=O) groups is 2. The molecule has 0 saturated carbocycles. The topological polar surface area (TPSA) is 84.1 Å². The number of rotatable bonds is 8. The molecule has 0 fully saturated rings. The predicted molar refractivity (Wildman–Crippen MR) is 91.1 cm³/mol. The van der Waals surface area contributed by atoms with Crippen molar-refractivity contribution < 1.29 is 14.3 Å². The summed E-state index contributed by atoms with van der Waals surface area (Å²) in [7, 11) is 1.58. The molecule has 1 unspecified atom stereocenters. The lowest BCUT2D eigenvalue weighted by Gasteiger charge is -2.14. The molecule has 128 valence electrons. The third-order valence-corrected chi connectivity index (χ3v) is 3.79. The molecule has 2 rings (SSSR count). The van der Waals surface area contributed by atoms with Crippen molar-refractivity contribution in [1.82, 2.24) is 15.3 Å². The molecule has 2 aromatic rings. The number of aromatic amines is 1. The first kappa shape index (κ1) is 17.7. The van der Waals surface area contributed by atoms with Crippen molar-refractivity contribution in [2.45, 2.75) is 39.2 Å². The van der Waals surface area contributed by atoms with E-state index in [4.69, 9.17) is 4.74 Å². The summed E-state index contributed by atoms with van der Waals surface area (Å²) in [4.78, 5) is 31.6. The minimum absolute atomic E-state index is 0.0605. The summed E-state index contributed by atoms with van der Waals surface area (Å²) in [6.45, 7) is 3.89. The summed E-state index contributed by atoms with van der Waals surface area (Å²) in [5.74, 6) is 1.22. The molecular formula is C18H23N3O3. The summed E-state index contributed by atoms with van der Waals surface area (Å²) in [5.41, 5.74) is 1.53. The Kier molecular flexibility index (Phi) is 6.12. The van der Waals surface area contributed by atoms with Gasteiger partial charge in [-0.2, -0.15) is 0 Å². The molecule has 0 bridgehead atoms. The Morgan fingerprint density at radius 3 is 2.50 bits per heavy atom. The smallest absolute Gasteiger partial charge is 0.221 e. The fourth-order valence-corrected chi connectivity index (χ4v) is 2.39. The minimum atomic E-state index is -0.165. The number of ketones is 1. The maximum atomic E-state index is 12.1. The van der Waals surface area contributed by atoms with Gasteiger partial charge >= 0.3 is 0 Å². The summed E-state index contributed by atoms with van der Waals surface area (Å²) in [5, 5.41) is 2.92. The van der Waals surface area contributed by atoms with Crippen molar-refractivity contribution in [2.24, 2.45) is 0 Å². The highest BCUT2D eigenvalue weighted by atomic mass is 16.5. The molecule has 6 heteroatoms. The van der Waals surface area contributed by atoms with Crippen LogP contribution in [-0.4, -0.2) is 28.8 Å². The number of Topliss-reactive ketones (excluding diaryl/α,β-unsaturated/α-hetero) is 1. The first-order valence-electron chi connectivity index (χ1n) is 8.01. The van der Waals surface area contributed by atoms with E-state index >= 15 is 0 Å². The van der Waals surface area contributed by atoms with Crippen LogP contribution >= 0.6 is 0 Å². The predicted octanol–water partition coefficient (Wildman–Crippen LogP) is 2.96. The Morgan fingerprint density at radius 1 is 1.25 bits per heavy atom. The number of imidazole rings is 1. The second-order valence-corrected chi connectivity index (χ2v) is 5.63. The molecule has 0 aliphatic carbocycles. The minimum Gasteiger partial charge on any atom is -0.497 e. The van der Waals surface area contributed by atoms with Crippen molar-refractivity contribution in [3.63, 3.8) is 0 Å². The van der Waals surface area contributed by atoms with Gasteiger partial charge in [-0.1, -0.05) is 6.92 Å². The number of nitrogens with zero attached hydrogens (tertiary/aromatic N) is 1. The Bertz CT molecular complexity index is 692. The van der Waals surface area contributed by atoms with Crippen molar-refractivity contribution >= 4 is 11.7 Å². The van der Waals surface area contributed by atoms with Crippen LogP contribution in [0.15, 0.2) is 30.5 Å². The van der Waals surface area contributed by atoms with E-state index in [1.165, 1.54) is 0 Å². The van der Waals surface area contributed by atoms with Gasteiger partial charge in [0.05, 0.1) is 13.2 Å². The number of methoxy groups -OCH3 is 1. The fourth-order valence-electron chi connectivity index (χ4n) is 2.39. The van der Waals surface area contributed by atoms with Crippen LogP contribution in [0.25, 0.3) is 0 Å². The number of ether oxygens (including phenoxy) is 1. The van der Waals surface area contributed by atoms with Crippen LogP contribution in [0.2, 0.25) is 0 Å². The first-order chi connectivity index (χ1) is 11.5. The van der Waals surface area contributed by atoms with E-state index in [1.54, 1.807) is 37.6 Å². The molecule has 0 aliphatic heterocycles. The molecule has 0 spiro atoms. The van der Waals surface area contributed by atoms with Crippen LogP contribution in [0.5, 0.6) is 5.75 Å². The lowest BCUT2D eigenvalue weighted by molar-refractivity contribution is -0.121. The Hall–Kier alpha value is -2.63. The van der Waals surface area contributed by atoms with E-state index in [1.807, 2.05) is 13.8 Å². The highest BCUT2D eigenvalue weighted by Gasteiger charge is 2.16. The number of aromatic nitrogens is 2.